The van der Waals surface area contributed by atoms with Crippen LogP contribution >= 0.6 is 12.4 Å². The van der Waals surface area contributed by atoms with Crippen LogP contribution in [0.3, 0.4) is 0 Å². The van der Waals surface area contributed by atoms with Crippen LogP contribution in [0.2, 0.25) is 0 Å². The number of sulfonamides is 1. The Morgan fingerprint density at radius 2 is 1.74 bits per heavy atom. The maximum Gasteiger partial charge on any atom is 0.243 e. The van der Waals surface area contributed by atoms with E-state index < -0.39 is 16.1 Å². The Hall–Kier alpha value is -1.15. The first kappa shape index (κ1) is 20.6. The monoisotopic (exact) mass is 413 g/mol. The van der Waals surface area contributed by atoms with E-state index in [1.807, 2.05) is 4.90 Å². The fourth-order valence-electron chi connectivity index (χ4n) is 4.68. The minimum atomic E-state index is -3.65. The Kier molecular flexibility index (Phi) is 6.46. The molecule has 1 N–H and O–H groups in total. The smallest absolute Gasteiger partial charge is 0.243 e. The summed E-state index contributed by atoms with van der Waals surface area (Å²) >= 11 is 0. The van der Waals surface area contributed by atoms with Crippen molar-refractivity contribution < 1.29 is 13.2 Å². The van der Waals surface area contributed by atoms with Crippen LogP contribution in [0, 0.1) is 0 Å². The van der Waals surface area contributed by atoms with Gasteiger partial charge in [0, 0.05) is 25.2 Å². The van der Waals surface area contributed by atoms with Gasteiger partial charge in [0.1, 0.15) is 6.04 Å². The molecule has 3 saturated heterocycles. The van der Waals surface area contributed by atoms with Crippen molar-refractivity contribution in [2.75, 3.05) is 19.6 Å². The summed E-state index contributed by atoms with van der Waals surface area (Å²) in [6.07, 6.45) is 5.34. The van der Waals surface area contributed by atoms with E-state index in [9.17, 15) is 13.2 Å². The molecule has 0 saturated carbocycles. The first-order valence-corrected chi connectivity index (χ1v) is 11.1. The summed E-state index contributed by atoms with van der Waals surface area (Å²) in [5.74, 6) is 0.0143. The third kappa shape index (κ3) is 3.88. The summed E-state index contributed by atoms with van der Waals surface area (Å²) < 4.78 is 27.8. The zero-order chi connectivity index (χ0) is 18.1. The van der Waals surface area contributed by atoms with Crippen molar-refractivity contribution >= 4 is 28.3 Å². The van der Waals surface area contributed by atoms with Crippen LogP contribution in [-0.2, 0) is 14.8 Å². The van der Waals surface area contributed by atoms with E-state index in [0.717, 1.165) is 45.2 Å². The lowest BCUT2D eigenvalue weighted by molar-refractivity contribution is -0.138. The van der Waals surface area contributed by atoms with Crippen molar-refractivity contribution in [1.82, 2.24) is 14.5 Å². The van der Waals surface area contributed by atoms with Crippen molar-refractivity contribution in [1.29, 1.82) is 0 Å². The van der Waals surface area contributed by atoms with E-state index in [2.05, 4.69) is 5.32 Å². The van der Waals surface area contributed by atoms with Gasteiger partial charge in [0.2, 0.25) is 15.9 Å². The fourth-order valence-corrected chi connectivity index (χ4v) is 6.35. The van der Waals surface area contributed by atoms with E-state index in [0.29, 0.717) is 13.0 Å². The minimum Gasteiger partial charge on any atom is -0.334 e. The van der Waals surface area contributed by atoms with Gasteiger partial charge in [0.25, 0.3) is 0 Å². The van der Waals surface area contributed by atoms with Crippen LogP contribution in [0.15, 0.2) is 35.2 Å². The highest BCUT2D eigenvalue weighted by Crippen LogP contribution is 2.33. The Labute approximate surface area is 167 Å². The van der Waals surface area contributed by atoms with Crippen molar-refractivity contribution in [3.8, 4) is 0 Å². The van der Waals surface area contributed by atoms with Crippen molar-refractivity contribution in [3.63, 3.8) is 0 Å². The molecule has 3 atom stereocenters. The molecule has 1 aromatic rings. The zero-order valence-electron chi connectivity index (χ0n) is 15.4. The third-order valence-electron chi connectivity index (χ3n) is 6.00. The molecule has 0 aromatic heterocycles. The number of fused-ring (bicyclic) bond motifs is 2. The zero-order valence-corrected chi connectivity index (χ0v) is 17.1. The molecule has 0 spiro atoms. The summed E-state index contributed by atoms with van der Waals surface area (Å²) in [7, 11) is -3.65. The summed E-state index contributed by atoms with van der Waals surface area (Å²) in [6, 6.07) is 8.40. The number of nitrogens with one attached hydrogen (secondary N) is 1. The molecule has 3 fully saturated rings. The number of benzene rings is 1. The molecule has 8 heteroatoms. The van der Waals surface area contributed by atoms with E-state index in [1.54, 1.807) is 30.3 Å². The predicted molar refractivity (Wildman–Crippen MR) is 106 cm³/mol. The number of rotatable bonds is 3. The second-order valence-corrected chi connectivity index (χ2v) is 9.45. The molecule has 3 heterocycles. The molecule has 3 aliphatic rings. The number of amides is 1. The largest absolute Gasteiger partial charge is 0.334 e. The van der Waals surface area contributed by atoms with Crippen molar-refractivity contribution in [3.05, 3.63) is 30.3 Å². The number of nitrogens with zero attached hydrogens (tertiary/aromatic N) is 2. The van der Waals surface area contributed by atoms with E-state index in [1.165, 1.54) is 4.31 Å². The van der Waals surface area contributed by atoms with Crippen LogP contribution in [-0.4, -0.2) is 61.3 Å². The average molecular weight is 414 g/mol. The Morgan fingerprint density at radius 3 is 2.52 bits per heavy atom. The number of hydrogen-bond donors (Lipinski definition) is 1. The number of carbonyl (C=O) groups is 1. The lowest BCUT2D eigenvalue weighted by atomic mass is 10.0. The quantitative estimate of drug-likeness (QED) is 0.822. The van der Waals surface area contributed by atoms with Gasteiger partial charge in [-0.2, -0.15) is 4.31 Å². The fraction of sp³-hybridized carbons (Fsp3) is 0.632. The predicted octanol–water partition coefficient (Wildman–Crippen LogP) is 2.00. The molecule has 3 aliphatic heterocycles. The Balaban J connectivity index is 0.00000210. The van der Waals surface area contributed by atoms with E-state index in [4.69, 9.17) is 0 Å². The van der Waals surface area contributed by atoms with Crippen molar-refractivity contribution in [2.45, 2.75) is 61.5 Å². The molecule has 4 rings (SSSR count). The summed E-state index contributed by atoms with van der Waals surface area (Å²) in [4.78, 5) is 15.7. The van der Waals surface area contributed by atoms with Gasteiger partial charge in [0.15, 0.2) is 0 Å². The highest BCUT2D eigenvalue weighted by molar-refractivity contribution is 7.89. The van der Waals surface area contributed by atoms with Crippen LogP contribution in [0.25, 0.3) is 0 Å². The second kappa shape index (κ2) is 8.47. The SMILES string of the molecule is Cl.O=C(C1CCCCN1S(=O)(=O)c1ccccc1)N1C2CCNCC1CC2. The highest BCUT2D eigenvalue weighted by atomic mass is 35.5. The maximum atomic E-state index is 13.4. The third-order valence-corrected chi connectivity index (χ3v) is 7.92. The van der Waals surface area contributed by atoms with Gasteiger partial charge in [-0.25, -0.2) is 8.42 Å². The van der Waals surface area contributed by atoms with Crippen LogP contribution in [0.1, 0.15) is 38.5 Å². The minimum absolute atomic E-state index is 0. The molecule has 1 aromatic carbocycles. The molecule has 1 amide bonds. The van der Waals surface area contributed by atoms with E-state index >= 15 is 0 Å². The number of hydrogen-bond acceptors (Lipinski definition) is 4. The molecular weight excluding hydrogens is 386 g/mol. The molecule has 2 bridgehead atoms. The summed E-state index contributed by atoms with van der Waals surface area (Å²) in [6.45, 7) is 2.18. The van der Waals surface area contributed by atoms with Gasteiger partial charge < -0.3 is 10.2 Å². The van der Waals surface area contributed by atoms with Crippen LogP contribution in [0.4, 0.5) is 0 Å². The molecule has 0 radical (unpaired) electrons. The normalized spacial score (nSPS) is 29.0. The molecule has 0 aliphatic carbocycles. The van der Waals surface area contributed by atoms with Crippen LogP contribution < -0.4 is 5.32 Å². The number of carbonyl (C=O) groups excluding carboxylic acids is 1. The van der Waals surface area contributed by atoms with Gasteiger partial charge in [-0.1, -0.05) is 24.6 Å². The molecule has 27 heavy (non-hydrogen) atoms. The molecule has 150 valence electrons. The van der Waals surface area contributed by atoms with Gasteiger partial charge in [-0.15, -0.1) is 12.4 Å². The van der Waals surface area contributed by atoms with Crippen molar-refractivity contribution in [2.24, 2.45) is 0 Å². The second-order valence-electron chi connectivity index (χ2n) is 7.56. The van der Waals surface area contributed by atoms with Gasteiger partial charge in [-0.05, 0) is 50.8 Å². The number of piperidine rings is 1. The highest BCUT2D eigenvalue weighted by Gasteiger charge is 2.45. The lowest BCUT2D eigenvalue weighted by Gasteiger charge is -2.38. The molecule has 3 unspecified atom stereocenters. The maximum absolute atomic E-state index is 13.4. The summed E-state index contributed by atoms with van der Waals surface area (Å²) in [5.41, 5.74) is 0. The lowest BCUT2D eigenvalue weighted by Crippen LogP contribution is -2.55. The first-order valence-electron chi connectivity index (χ1n) is 9.69. The molecular formula is C19H28ClN3O3S. The molecule has 6 nitrogen and oxygen atoms in total. The van der Waals surface area contributed by atoms with Gasteiger partial charge >= 0.3 is 0 Å². The Morgan fingerprint density at radius 1 is 1.00 bits per heavy atom. The first-order chi connectivity index (χ1) is 12.6. The standard InChI is InChI=1S/C19H27N3O3S.ClH/c23-19(22-15-9-10-16(22)14-20-12-11-15)18-8-4-5-13-21(18)26(24,25)17-6-2-1-3-7-17;/h1-3,6-7,15-16,18,20H,4-5,8-14H2;1H. The summed E-state index contributed by atoms with van der Waals surface area (Å²) in [5, 5.41) is 3.41. The number of halogens is 1. The topological polar surface area (TPSA) is 69.7 Å². The van der Waals surface area contributed by atoms with Crippen LogP contribution in [0.5, 0.6) is 0 Å². The van der Waals surface area contributed by atoms with Gasteiger partial charge in [0.05, 0.1) is 4.90 Å². The average Bonchev–Trinajstić information content (AvgIpc) is 2.94. The van der Waals surface area contributed by atoms with Gasteiger partial charge in [-0.3, -0.25) is 4.79 Å². The van der Waals surface area contributed by atoms with E-state index in [-0.39, 0.29) is 35.3 Å². The Bertz CT molecular complexity index is 745.